The molecule has 2 aromatic heterocycles. The third kappa shape index (κ3) is 2.14. The molecule has 0 saturated heterocycles. The summed E-state index contributed by atoms with van der Waals surface area (Å²) in [7, 11) is 1.33. The third-order valence-electron chi connectivity index (χ3n) is 2.25. The Labute approximate surface area is 102 Å². The Morgan fingerprint density at radius 2 is 2.06 bits per heavy atom. The number of rotatable bonds is 3. The number of hydrogen-bond donors (Lipinski definition) is 0. The number of esters is 1. The van der Waals surface area contributed by atoms with Gasteiger partial charge in [0.15, 0.2) is 11.5 Å². The van der Waals surface area contributed by atoms with Crippen molar-refractivity contribution >= 4 is 23.1 Å². The van der Waals surface area contributed by atoms with Gasteiger partial charge in [0.05, 0.1) is 7.11 Å². The van der Waals surface area contributed by atoms with Crippen LogP contribution in [-0.2, 0) is 4.74 Å². The van der Waals surface area contributed by atoms with E-state index >= 15 is 0 Å². The van der Waals surface area contributed by atoms with Crippen LogP contribution in [0.3, 0.4) is 0 Å². The van der Waals surface area contributed by atoms with Gasteiger partial charge in [-0.1, -0.05) is 0 Å². The summed E-state index contributed by atoms with van der Waals surface area (Å²) in [6, 6.07) is 5.03. The zero-order chi connectivity index (χ0) is 12.4. The van der Waals surface area contributed by atoms with Crippen molar-refractivity contribution in [3.63, 3.8) is 0 Å². The highest BCUT2D eigenvalue weighted by atomic mass is 32.1. The Bertz CT molecular complexity index is 565. The van der Waals surface area contributed by atoms with Gasteiger partial charge in [-0.25, -0.2) is 4.79 Å². The van der Waals surface area contributed by atoms with Crippen molar-refractivity contribution in [2.45, 2.75) is 6.92 Å². The molecule has 2 heterocycles. The van der Waals surface area contributed by atoms with Crippen molar-refractivity contribution in [1.82, 2.24) is 0 Å². The van der Waals surface area contributed by atoms with Crippen LogP contribution in [0.1, 0.15) is 27.2 Å². The average molecular weight is 250 g/mol. The highest BCUT2D eigenvalue weighted by Gasteiger charge is 2.18. The summed E-state index contributed by atoms with van der Waals surface area (Å²) in [5.41, 5.74) is 0.648. The molecule has 0 atom stereocenters. The summed E-state index contributed by atoms with van der Waals surface area (Å²) >= 11 is 1.28. The van der Waals surface area contributed by atoms with Crippen LogP contribution in [-0.4, -0.2) is 18.9 Å². The van der Waals surface area contributed by atoms with Gasteiger partial charge in [0, 0.05) is 12.5 Å². The molecule has 0 bridgehead atoms. The number of furan rings is 1. The maximum absolute atomic E-state index is 11.5. The molecule has 5 heteroatoms. The van der Waals surface area contributed by atoms with E-state index in [9.17, 15) is 9.59 Å². The van der Waals surface area contributed by atoms with Gasteiger partial charge >= 0.3 is 5.97 Å². The topological polar surface area (TPSA) is 56.5 Å². The monoisotopic (exact) mass is 250 g/mol. The summed E-state index contributed by atoms with van der Waals surface area (Å²) in [4.78, 5) is 23.1. The SMILES string of the molecule is COC(=O)c1sccc1-c1ccc(C(C)=O)o1. The first-order valence-electron chi connectivity index (χ1n) is 4.90. The molecule has 2 aromatic rings. The van der Waals surface area contributed by atoms with Crippen LogP contribution in [0.15, 0.2) is 28.0 Å². The average Bonchev–Trinajstić information content (AvgIpc) is 2.95. The molecular formula is C12H10O4S. The van der Waals surface area contributed by atoms with Crippen molar-refractivity contribution in [1.29, 1.82) is 0 Å². The molecule has 0 radical (unpaired) electrons. The quantitative estimate of drug-likeness (QED) is 0.620. The van der Waals surface area contributed by atoms with Crippen LogP contribution in [0.25, 0.3) is 11.3 Å². The molecule has 88 valence electrons. The maximum Gasteiger partial charge on any atom is 0.348 e. The van der Waals surface area contributed by atoms with Crippen molar-refractivity contribution in [2.24, 2.45) is 0 Å². The number of carbonyl (C=O) groups excluding carboxylic acids is 2. The lowest BCUT2D eigenvalue weighted by Gasteiger charge is -1.98. The molecular weight excluding hydrogens is 240 g/mol. The second-order valence-electron chi connectivity index (χ2n) is 3.38. The first kappa shape index (κ1) is 11.6. The Morgan fingerprint density at radius 1 is 1.29 bits per heavy atom. The molecule has 0 aromatic carbocycles. The largest absolute Gasteiger partial charge is 0.465 e. The van der Waals surface area contributed by atoms with E-state index < -0.39 is 5.97 Å². The molecule has 0 saturated carbocycles. The van der Waals surface area contributed by atoms with E-state index in [0.29, 0.717) is 16.2 Å². The predicted octanol–water partition coefficient (Wildman–Crippen LogP) is 3.00. The van der Waals surface area contributed by atoms with Crippen LogP contribution in [0.5, 0.6) is 0 Å². The molecule has 4 nitrogen and oxygen atoms in total. The first-order chi connectivity index (χ1) is 8.13. The fourth-order valence-electron chi connectivity index (χ4n) is 1.43. The second kappa shape index (κ2) is 4.55. The van der Waals surface area contributed by atoms with E-state index in [2.05, 4.69) is 4.74 Å². The number of Topliss-reactive ketones (excluding diaryl/α,β-unsaturated/α-hetero) is 1. The van der Waals surface area contributed by atoms with Gasteiger partial charge in [0.1, 0.15) is 10.6 Å². The Balaban J connectivity index is 2.42. The summed E-state index contributed by atoms with van der Waals surface area (Å²) in [6.45, 7) is 1.43. The molecule has 0 aliphatic rings. The van der Waals surface area contributed by atoms with Crippen LogP contribution in [0.2, 0.25) is 0 Å². The highest BCUT2D eigenvalue weighted by molar-refractivity contribution is 7.12. The van der Waals surface area contributed by atoms with E-state index in [4.69, 9.17) is 4.42 Å². The van der Waals surface area contributed by atoms with Crippen LogP contribution in [0.4, 0.5) is 0 Å². The zero-order valence-electron chi connectivity index (χ0n) is 9.35. The lowest BCUT2D eigenvalue weighted by molar-refractivity contribution is 0.0607. The summed E-state index contributed by atoms with van der Waals surface area (Å²) in [6.07, 6.45) is 0. The highest BCUT2D eigenvalue weighted by Crippen LogP contribution is 2.30. The molecule has 0 amide bonds. The van der Waals surface area contributed by atoms with Gasteiger partial charge in [-0.3, -0.25) is 4.79 Å². The van der Waals surface area contributed by atoms with Crippen molar-refractivity contribution in [3.05, 3.63) is 34.2 Å². The smallest absolute Gasteiger partial charge is 0.348 e. The molecule has 0 aliphatic carbocycles. The number of methoxy groups -OCH3 is 1. The van der Waals surface area contributed by atoms with Crippen LogP contribution < -0.4 is 0 Å². The molecule has 17 heavy (non-hydrogen) atoms. The van der Waals surface area contributed by atoms with E-state index in [1.165, 1.54) is 25.4 Å². The summed E-state index contributed by atoms with van der Waals surface area (Å²) in [5, 5.41) is 1.78. The lowest BCUT2D eigenvalue weighted by Crippen LogP contribution is -1.99. The molecule has 0 N–H and O–H groups in total. The van der Waals surface area contributed by atoms with Gasteiger partial charge in [0.2, 0.25) is 0 Å². The molecule has 0 fully saturated rings. The molecule has 0 spiro atoms. The number of hydrogen-bond acceptors (Lipinski definition) is 5. The number of ether oxygens (including phenoxy) is 1. The number of ketones is 1. The normalized spacial score (nSPS) is 10.2. The fourth-order valence-corrected chi connectivity index (χ4v) is 2.24. The Morgan fingerprint density at radius 3 is 2.65 bits per heavy atom. The molecule has 2 rings (SSSR count). The van der Waals surface area contributed by atoms with Crippen LogP contribution in [0, 0.1) is 0 Å². The Hall–Kier alpha value is -1.88. The third-order valence-corrected chi connectivity index (χ3v) is 3.15. The Kier molecular flexibility index (Phi) is 3.10. The standard InChI is InChI=1S/C12H10O4S/c1-7(13)9-3-4-10(16-9)8-5-6-17-11(8)12(14)15-2/h3-6H,1-2H3. The first-order valence-corrected chi connectivity index (χ1v) is 5.78. The molecule has 0 aliphatic heterocycles. The van der Waals surface area contributed by atoms with E-state index in [1.54, 1.807) is 23.6 Å². The van der Waals surface area contributed by atoms with E-state index in [1.807, 2.05) is 0 Å². The van der Waals surface area contributed by atoms with Crippen LogP contribution >= 0.6 is 11.3 Å². The molecule has 0 unspecified atom stereocenters. The zero-order valence-corrected chi connectivity index (χ0v) is 10.2. The summed E-state index contributed by atoms with van der Waals surface area (Å²) in [5.74, 6) is 0.223. The minimum Gasteiger partial charge on any atom is -0.465 e. The lowest BCUT2D eigenvalue weighted by atomic mass is 10.2. The van der Waals surface area contributed by atoms with Crippen molar-refractivity contribution in [2.75, 3.05) is 7.11 Å². The minimum atomic E-state index is -0.407. The van der Waals surface area contributed by atoms with Gasteiger partial charge in [-0.05, 0) is 23.6 Å². The van der Waals surface area contributed by atoms with Crippen molar-refractivity contribution in [3.8, 4) is 11.3 Å². The van der Waals surface area contributed by atoms with Gasteiger partial charge in [-0.2, -0.15) is 0 Å². The number of thiophene rings is 1. The van der Waals surface area contributed by atoms with Gasteiger partial charge in [0.25, 0.3) is 0 Å². The van der Waals surface area contributed by atoms with E-state index in [-0.39, 0.29) is 11.5 Å². The predicted molar refractivity (Wildman–Crippen MR) is 63.4 cm³/mol. The number of carbonyl (C=O) groups is 2. The minimum absolute atomic E-state index is 0.147. The van der Waals surface area contributed by atoms with Gasteiger partial charge in [-0.15, -0.1) is 11.3 Å². The fraction of sp³-hybridized carbons (Fsp3) is 0.167. The maximum atomic E-state index is 11.5. The summed E-state index contributed by atoms with van der Waals surface area (Å²) < 4.78 is 10.0. The second-order valence-corrected chi connectivity index (χ2v) is 4.29. The van der Waals surface area contributed by atoms with E-state index in [0.717, 1.165) is 0 Å². The van der Waals surface area contributed by atoms with Gasteiger partial charge < -0.3 is 9.15 Å². The van der Waals surface area contributed by atoms with Crippen molar-refractivity contribution < 1.29 is 18.7 Å².